The molecule has 10 heavy (non-hydrogen) atoms. The first-order valence-electron chi connectivity index (χ1n) is 2.77. The van der Waals surface area contributed by atoms with Gasteiger partial charge in [-0.1, -0.05) is 0 Å². The summed E-state index contributed by atoms with van der Waals surface area (Å²) < 4.78 is 0. The number of aliphatic carboxylic acids is 1. The van der Waals surface area contributed by atoms with Crippen LogP contribution in [0.1, 0.15) is 12.8 Å². The normalized spacial score (nSPS) is 11.8. The van der Waals surface area contributed by atoms with Crippen LogP contribution in [0.2, 0.25) is 0 Å². The van der Waals surface area contributed by atoms with Crippen molar-refractivity contribution in [2.45, 2.75) is 18.9 Å². The van der Waals surface area contributed by atoms with Crippen molar-refractivity contribution < 1.29 is 20.5 Å². The van der Waals surface area contributed by atoms with Crippen molar-refractivity contribution >= 4 is 5.97 Å². The third kappa shape index (κ3) is 5.49. The van der Waals surface area contributed by atoms with Crippen LogP contribution in [0.15, 0.2) is 0 Å². The zero-order valence-electron chi connectivity index (χ0n) is 5.58. The highest BCUT2D eigenvalue weighted by Crippen LogP contribution is 1.91. The molecule has 0 fully saturated rings. The van der Waals surface area contributed by atoms with Crippen molar-refractivity contribution in [1.29, 1.82) is 0 Å². The minimum atomic E-state index is -1.01. The molecule has 0 aliphatic rings. The number of aliphatic hydroxyl groups excluding tert-OH is 1. The van der Waals surface area contributed by atoms with Gasteiger partial charge in [-0.05, 0) is 12.8 Å². The molecular formula is C5H13NO4. The minimum absolute atomic E-state index is 0. The minimum Gasteiger partial charge on any atom is -0.480 e. The second kappa shape index (κ2) is 6.47. The molecule has 0 spiro atoms. The van der Waals surface area contributed by atoms with Gasteiger partial charge in [-0.15, -0.1) is 0 Å². The van der Waals surface area contributed by atoms with Crippen molar-refractivity contribution in [2.24, 2.45) is 5.73 Å². The van der Waals surface area contributed by atoms with E-state index in [9.17, 15) is 4.79 Å². The second-order valence-corrected chi connectivity index (χ2v) is 1.81. The first-order valence-corrected chi connectivity index (χ1v) is 2.77. The Kier molecular flexibility index (Phi) is 7.81. The molecule has 62 valence electrons. The van der Waals surface area contributed by atoms with Crippen LogP contribution in [0.3, 0.4) is 0 Å². The molecule has 0 saturated carbocycles. The fourth-order valence-electron chi connectivity index (χ4n) is 0.435. The van der Waals surface area contributed by atoms with E-state index in [0.29, 0.717) is 12.8 Å². The van der Waals surface area contributed by atoms with Crippen molar-refractivity contribution in [2.75, 3.05) is 6.61 Å². The zero-order chi connectivity index (χ0) is 7.28. The summed E-state index contributed by atoms with van der Waals surface area (Å²) in [5.74, 6) is -1.01. The number of carbonyl (C=O) groups is 1. The standard InChI is InChI=1S/C5H11NO3.H2O/c6-4(5(8)9)2-1-3-7;/h4,7H,1-3,6H2,(H,8,9);1H2. The average Bonchev–Trinajstić information content (AvgIpc) is 1.82. The maximum Gasteiger partial charge on any atom is 0.320 e. The molecule has 1 atom stereocenters. The lowest BCUT2D eigenvalue weighted by molar-refractivity contribution is -0.138. The Morgan fingerprint density at radius 3 is 2.40 bits per heavy atom. The first kappa shape index (κ1) is 12.1. The quantitative estimate of drug-likeness (QED) is 0.446. The number of rotatable bonds is 4. The van der Waals surface area contributed by atoms with E-state index >= 15 is 0 Å². The summed E-state index contributed by atoms with van der Waals surface area (Å²) >= 11 is 0. The molecule has 0 saturated heterocycles. The third-order valence-electron chi connectivity index (χ3n) is 0.990. The summed E-state index contributed by atoms with van der Waals surface area (Å²) in [4.78, 5) is 10.00. The lowest BCUT2D eigenvalue weighted by Gasteiger charge is -2.02. The van der Waals surface area contributed by atoms with Gasteiger partial charge in [-0.3, -0.25) is 4.79 Å². The van der Waals surface area contributed by atoms with Crippen LogP contribution >= 0.6 is 0 Å². The summed E-state index contributed by atoms with van der Waals surface area (Å²) in [6, 6.07) is -0.822. The number of hydrogen-bond donors (Lipinski definition) is 3. The summed E-state index contributed by atoms with van der Waals surface area (Å²) in [5, 5.41) is 16.5. The van der Waals surface area contributed by atoms with Crippen LogP contribution in [0.4, 0.5) is 0 Å². The Morgan fingerprint density at radius 2 is 2.10 bits per heavy atom. The van der Waals surface area contributed by atoms with Gasteiger partial charge in [-0.2, -0.15) is 0 Å². The molecule has 0 heterocycles. The van der Waals surface area contributed by atoms with Gasteiger partial charge in [0.15, 0.2) is 0 Å². The van der Waals surface area contributed by atoms with Crippen LogP contribution in [-0.2, 0) is 4.79 Å². The predicted octanol–water partition coefficient (Wildman–Crippen LogP) is -1.65. The van der Waals surface area contributed by atoms with Gasteiger partial charge in [0.25, 0.3) is 0 Å². The molecule has 0 aliphatic heterocycles. The summed E-state index contributed by atoms with van der Waals surface area (Å²) in [6.07, 6.45) is 0.791. The number of carboxylic acids is 1. The van der Waals surface area contributed by atoms with Crippen LogP contribution in [0, 0.1) is 0 Å². The van der Waals surface area contributed by atoms with Gasteiger partial charge < -0.3 is 21.4 Å². The molecule has 1 unspecified atom stereocenters. The Bertz CT molecular complexity index is 95.6. The Hall–Kier alpha value is -0.650. The van der Waals surface area contributed by atoms with E-state index in [2.05, 4.69) is 0 Å². The van der Waals surface area contributed by atoms with Crippen LogP contribution in [-0.4, -0.2) is 34.3 Å². The predicted molar refractivity (Wildman–Crippen MR) is 35.5 cm³/mol. The highest BCUT2D eigenvalue weighted by Gasteiger charge is 2.08. The zero-order valence-corrected chi connectivity index (χ0v) is 5.58. The Balaban J connectivity index is 0. The molecular weight excluding hydrogens is 138 g/mol. The number of nitrogens with two attached hydrogens (primary N) is 1. The van der Waals surface area contributed by atoms with Crippen LogP contribution < -0.4 is 5.73 Å². The molecule has 5 heteroatoms. The molecule has 6 N–H and O–H groups in total. The fourth-order valence-corrected chi connectivity index (χ4v) is 0.435. The molecule has 0 bridgehead atoms. The van der Waals surface area contributed by atoms with Gasteiger partial charge in [0.2, 0.25) is 0 Å². The highest BCUT2D eigenvalue weighted by molar-refractivity contribution is 5.72. The lowest BCUT2D eigenvalue weighted by Crippen LogP contribution is -2.29. The van der Waals surface area contributed by atoms with Crippen molar-refractivity contribution in [3.05, 3.63) is 0 Å². The largest absolute Gasteiger partial charge is 0.480 e. The number of carboxylic acid groups (broad SMARTS) is 1. The van der Waals surface area contributed by atoms with E-state index in [4.69, 9.17) is 15.9 Å². The lowest BCUT2D eigenvalue weighted by atomic mass is 10.2. The molecule has 0 amide bonds. The van der Waals surface area contributed by atoms with Crippen molar-refractivity contribution in [3.8, 4) is 0 Å². The van der Waals surface area contributed by atoms with Crippen molar-refractivity contribution in [3.63, 3.8) is 0 Å². The van der Waals surface area contributed by atoms with E-state index in [1.54, 1.807) is 0 Å². The molecule has 0 aromatic carbocycles. The third-order valence-corrected chi connectivity index (χ3v) is 0.990. The topological polar surface area (TPSA) is 115 Å². The van der Waals surface area contributed by atoms with Gasteiger partial charge in [0.05, 0.1) is 0 Å². The summed E-state index contributed by atoms with van der Waals surface area (Å²) in [6.45, 7) is 0.000972. The van der Waals surface area contributed by atoms with Gasteiger partial charge in [0.1, 0.15) is 6.04 Å². The van der Waals surface area contributed by atoms with Gasteiger partial charge in [-0.25, -0.2) is 0 Å². The van der Waals surface area contributed by atoms with E-state index < -0.39 is 12.0 Å². The monoisotopic (exact) mass is 151 g/mol. The average molecular weight is 151 g/mol. The van der Waals surface area contributed by atoms with Gasteiger partial charge >= 0.3 is 5.97 Å². The highest BCUT2D eigenvalue weighted by atomic mass is 16.4. The van der Waals surface area contributed by atoms with Crippen molar-refractivity contribution in [1.82, 2.24) is 0 Å². The maximum absolute atomic E-state index is 10.00. The molecule has 0 radical (unpaired) electrons. The fraction of sp³-hybridized carbons (Fsp3) is 0.800. The SMILES string of the molecule is NC(CCCO)C(=O)O.O. The Labute approximate surface area is 58.8 Å². The molecule has 0 aromatic heterocycles. The first-order chi connectivity index (χ1) is 4.18. The maximum atomic E-state index is 10.00. The second-order valence-electron chi connectivity index (χ2n) is 1.81. The molecule has 0 rings (SSSR count). The smallest absolute Gasteiger partial charge is 0.320 e. The summed E-state index contributed by atoms with van der Waals surface area (Å²) in [5.41, 5.74) is 5.09. The van der Waals surface area contributed by atoms with E-state index in [0.717, 1.165) is 0 Å². The molecule has 0 aromatic rings. The molecule has 5 nitrogen and oxygen atoms in total. The molecule has 0 aliphatic carbocycles. The van der Waals surface area contributed by atoms with E-state index in [-0.39, 0.29) is 12.1 Å². The number of hydrogen-bond acceptors (Lipinski definition) is 3. The van der Waals surface area contributed by atoms with Crippen LogP contribution in [0.25, 0.3) is 0 Å². The number of aliphatic hydroxyl groups is 1. The summed E-state index contributed by atoms with van der Waals surface area (Å²) in [7, 11) is 0. The van der Waals surface area contributed by atoms with E-state index in [1.165, 1.54) is 0 Å². The Morgan fingerprint density at radius 1 is 1.60 bits per heavy atom. The van der Waals surface area contributed by atoms with E-state index in [1.807, 2.05) is 0 Å². The van der Waals surface area contributed by atoms with Gasteiger partial charge in [0, 0.05) is 6.61 Å². The van der Waals surface area contributed by atoms with Crippen LogP contribution in [0.5, 0.6) is 0 Å².